The highest BCUT2D eigenvalue weighted by Gasteiger charge is 2.41. The molecule has 1 N–H and O–H groups in total. The Hall–Kier alpha value is -2.82. The summed E-state index contributed by atoms with van der Waals surface area (Å²) in [4.78, 5) is 28.7. The van der Waals surface area contributed by atoms with Crippen LogP contribution in [0.25, 0.3) is 11.1 Å². The number of hydrogen-bond acceptors (Lipinski definition) is 3. The minimum atomic E-state index is 0.0341. The van der Waals surface area contributed by atoms with Gasteiger partial charge in [0.1, 0.15) is 5.75 Å². The predicted octanol–water partition coefficient (Wildman–Crippen LogP) is 3.53. The first-order valence-corrected chi connectivity index (χ1v) is 9.89. The van der Waals surface area contributed by atoms with Crippen molar-refractivity contribution in [2.24, 2.45) is 5.41 Å². The van der Waals surface area contributed by atoms with Crippen LogP contribution in [0.15, 0.2) is 48.5 Å². The minimum absolute atomic E-state index is 0.0341. The summed E-state index contributed by atoms with van der Waals surface area (Å²) in [6.07, 6.45) is 3.49. The van der Waals surface area contributed by atoms with E-state index in [1.165, 1.54) is 0 Å². The summed E-state index contributed by atoms with van der Waals surface area (Å²) in [6, 6.07) is 14.6. The van der Waals surface area contributed by atoms with Crippen LogP contribution >= 0.6 is 0 Å². The van der Waals surface area contributed by atoms with Gasteiger partial charge in [0.25, 0.3) is 5.91 Å². The maximum Gasteiger partial charge on any atom is 0.253 e. The Kier molecular flexibility index (Phi) is 4.84. The standard InChI is InChI=1S/C23H26N2O3/c1-24-15-23(13-11-21(24)27)12-4-14-25(16-23)22(28)18-9-7-17(8-10-18)19-5-2-3-6-20(19)26/h2-3,5-10,26H,4,11-16H2,1H3/t23-/m1/s1. The number of aromatic hydroxyl groups is 1. The van der Waals surface area contributed by atoms with E-state index in [9.17, 15) is 14.7 Å². The van der Waals surface area contributed by atoms with Gasteiger partial charge in [-0.3, -0.25) is 9.59 Å². The number of likely N-dealkylation sites (tertiary alicyclic amines) is 2. The molecular formula is C23H26N2O3. The van der Waals surface area contributed by atoms with Gasteiger partial charge in [0.2, 0.25) is 5.91 Å². The topological polar surface area (TPSA) is 60.9 Å². The summed E-state index contributed by atoms with van der Waals surface area (Å²) >= 11 is 0. The van der Waals surface area contributed by atoms with E-state index in [1.54, 1.807) is 12.1 Å². The molecule has 28 heavy (non-hydrogen) atoms. The number of amides is 2. The van der Waals surface area contributed by atoms with Gasteiger partial charge in [-0.15, -0.1) is 0 Å². The molecule has 2 saturated heterocycles. The first kappa shape index (κ1) is 18.5. The molecule has 0 bridgehead atoms. The molecular weight excluding hydrogens is 352 g/mol. The number of nitrogens with zero attached hydrogens (tertiary/aromatic N) is 2. The Morgan fingerprint density at radius 1 is 1.04 bits per heavy atom. The molecule has 2 aliphatic heterocycles. The van der Waals surface area contributed by atoms with Crippen molar-refractivity contribution >= 4 is 11.8 Å². The van der Waals surface area contributed by atoms with Crippen LogP contribution in [-0.2, 0) is 4.79 Å². The molecule has 2 aromatic carbocycles. The third-order valence-electron chi connectivity index (χ3n) is 6.16. The van der Waals surface area contributed by atoms with Gasteiger partial charge in [-0.25, -0.2) is 0 Å². The predicted molar refractivity (Wildman–Crippen MR) is 108 cm³/mol. The second kappa shape index (κ2) is 7.30. The van der Waals surface area contributed by atoms with E-state index < -0.39 is 0 Å². The molecule has 0 aliphatic carbocycles. The number of carbonyl (C=O) groups excluding carboxylic acids is 2. The van der Waals surface area contributed by atoms with Crippen LogP contribution in [0.4, 0.5) is 0 Å². The monoisotopic (exact) mass is 378 g/mol. The maximum absolute atomic E-state index is 13.1. The molecule has 0 saturated carbocycles. The molecule has 146 valence electrons. The highest BCUT2D eigenvalue weighted by atomic mass is 16.3. The van der Waals surface area contributed by atoms with Crippen molar-refractivity contribution in [3.05, 3.63) is 54.1 Å². The maximum atomic E-state index is 13.1. The third-order valence-corrected chi connectivity index (χ3v) is 6.16. The Labute approximate surface area is 165 Å². The van der Waals surface area contributed by atoms with Gasteiger partial charge >= 0.3 is 0 Å². The van der Waals surface area contributed by atoms with Crippen molar-refractivity contribution < 1.29 is 14.7 Å². The van der Waals surface area contributed by atoms with E-state index in [4.69, 9.17) is 0 Å². The quantitative estimate of drug-likeness (QED) is 0.870. The molecule has 2 fully saturated rings. The molecule has 2 aromatic rings. The molecule has 2 aliphatic rings. The first-order valence-electron chi connectivity index (χ1n) is 9.89. The molecule has 1 atom stereocenters. The SMILES string of the molecule is CN1C[C@@]2(CCCN(C(=O)c3ccc(-c4ccccc4O)cc3)C2)CCC1=O. The number of para-hydroxylation sites is 1. The third kappa shape index (κ3) is 3.49. The number of carbonyl (C=O) groups is 2. The fourth-order valence-electron chi connectivity index (χ4n) is 4.64. The van der Waals surface area contributed by atoms with Crippen LogP contribution in [0.5, 0.6) is 5.75 Å². The van der Waals surface area contributed by atoms with Gasteiger partial charge in [0, 0.05) is 49.6 Å². The Balaban J connectivity index is 1.50. The zero-order valence-corrected chi connectivity index (χ0v) is 16.2. The lowest BCUT2D eigenvalue weighted by Gasteiger charge is -2.47. The highest BCUT2D eigenvalue weighted by Crippen LogP contribution is 2.39. The lowest BCUT2D eigenvalue weighted by atomic mass is 9.73. The van der Waals surface area contributed by atoms with Gasteiger partial charge in [0.05, 0.1) is 0 Å². The normalized spacial score (nSPS) is 22.5. The minimum Gasteiger partial charge on any atom is -0.507 e. The smallest absolute Gasteiger partial charge is 0.253 e. The number of piperidine rings is 2. The molecule has 0 aromatic heterocycles. The zero-order valence-electron chi connectivity index (χ0n) is 16.2. The van der Waals surface area contributed by atoms with Crippen molar-refractivity contribution in [3.8, 4) is 16.9 Å². The average molecular weight is 378 g/mol. The summed E-state index contributed by atoms with van der Waals surface area (Å²) in [5.41, 5.74) is 2.34. The van der Waals surface area contributed by atoms with Crippen LogP contribution in [-0.4, -0.2) is 53.4 Å². The van der Waals surface area contributed by atoms with Gasteiger partial charge in [-0.05, 0) is 43.0 Å². The van der Waals surface area contributed by atoms with E-state index in [-0.39, 0.29) is 23.0 Å². The molecule has 2 heterocycles. The van der Waals surface area contributed by atoms with Crippen molar-refractivity contribution in [2.45, 2.75) is 25.7 Å². The Morgan fingerprint density at radius 2 is 1.79 bits per heavy atom. The van der Waals surface area contributed by atoms with Crippen molar-refractivity contribution in [3.63, 3.8) is 0 Å². The van der Waals surface area contributed by atoms with Crippen LogP contribution < -0.4 is 0 Å². The average Bonchev–Trinajstić information content (AvgIpc) is 2.71. The number of rotatable bonds is 2. The van der Waals surface area contributed by atoms with E-state index in [0.29, 0.717) is 18.5 Å². The van der Waals surface area contributed by atoms with Crippen LogP contribution in [0.3, 0.4) is 0 Å². The molecule has 4 rings (SSSR count). The van der Waals surface area contributed by atoms with Crippen LogP contribution in [0.1, 0.15) is 36.0 Å². The number of phenols is 1. The highest BCUT2D eigenvalue weighted by molar-refractivity contribution is 5.95. The van der Waals surface area contributed by atoms with Gasteiger partial charge in [0.15, 0.2) is 0 Å². The lowest BCUT2D eigenvalue weighted by Crippen LogP contribution is -2.54. The fraction of sp³-hybridized carbons (Fsp3) is 0.391. The summed E-state index contributed by atoms with van der Waals surface area (Å²) in [6.45, 7) is 2.21. The van der Waals surface area contributed by atoms with Crippen LogP contribution in [0.2, 0.25) is 0 Å². The summed E-state index contributed by atoms with van der Waals surface area (Å²) in [5.74, 6) is 0.479. The first-order chi connectivity index (χ1) is 13.5. The molecule has 5 nitrogen and oxygen atoms in total. The van der Waals surface area contributed by atoms with Crippen molar-refractivity contribution in [2.75, 3.05) is 26.7 Å². The van der Waals surface area contributed by atoms with Gasteiger partial charge in [-0.2, -0.15) is 0 Å². The van der Waals surface area contributed by atoms with Crippen molar-refractivity contribution in [1.29, 1.82) is 0 Å². The molecule has 5 heteroatoms. The van der Waals surface area contributed by atoms with E-state index >= 15 is 0 Å². The molecule has 2 amide bonds. The molecule has 1 spiro atoms. The second-order valence-corrected chi connectivity index (χ2v) is 8.17. The molecule has 0 radical (unpaired) electrons. The van der Waals surface area contributed by atoms with Crippen molar-refractivity contribution in [1.82, 2.24) is 9.80 Å². The largest absolute Gasteiger partial charge is 0.507 e. The van der Waals surface area contributed by atoms with E-state index in [1.807, 2.05) is 53.2 Å². The van der Waals surface area contributed by atoms with E-state index in [2.05, 4.69) is 0 Å². The van der Waals surface area contributed by atoms with Crippen LogP contribution in [0, 0.1) is 5.41 Å². The Bertz CT molecular complexity index is 893. The summed E-state index contributed by atoms with van der Waals surface area (Å²) in [7, 11) is 1.86. The van der Waals surface area contributed by atoms with Gasteiger partial charge in [-0.1, -0.05) is 30.3 Å². The summed E-state index contributed by atoms with van der Waals surface area (Å²) in [5, 5.41) is 10.0. The number of benzene rings is 2. The zero-order chi connectivity index (χ0) is 19.7. The lowest BCUT2D eigenvalue weighted by molar-refractivity contribution is -0.137. The number of hydrogen-bond donors (Lipinski definition) is 1. The summed E-state index contributed by atoms with van der Waals surface area (Å²) < 4.78 is 0. The van der Waals surface area contributed by atoms with Gasteiger partial charge < -0.3 is 14.9 Å². The second-order valence-electron chi connectivity index (χ2n) is 8.17. The molecule has 0 unspecified atom stereocenters. The number of phenolic OH excluding ortho intramolecular Hbond substituents is 1. The fourth-order valence-corrected chi connectivity index (χ4v) is 4.64. The Morgan fingerprint density at radius 3 is 2.50 bits per heavy atom. The van der Waals surface area contributed by atoms with E-state index in [0.717, 1.165) is 43.5 Å².